The largest absolute Gasteiger partial charge is 0.319 e. The number of aromatic nitrogens is 1. The van der Waals surface area contributed by atoms with Gasteiger partial charge in [0.05, 0.1) is 5.69 Å². The Balaban J connectivity index is 2.39. The summed E-state index contributed by atoms with van der Waals surface area (Å²) in [5, 5.41) is 3.20. The van der Waals surface area contributed by atoms with Gasteiger partial charge in [-0.2, -0.15) is 0 Å². The average molecular weight is 286 g/mol. The molecule has 1 N–H and O–H groups in total. The van der Waals surface area contributed by atoms with Gasteiger partial charge in [-0.1, -0.05) is 6.92 Å². The summed E-state index contributed by atoms with van der Waals surface area (Å²) in [5.41, 5.74) is 1.11. The van der Waals surface area contributed by atoms with E-state index in [2.05, 4.69) is 51.2 Å². The molecule has 0 fully saturated rings. The minimum Gasteiger partial charge on any atom is -0.319 e. The molecule has 1 atom stereocenters. The molecule has 0 aliphatic heterocycles. The molecule has 0 saturated carbocycles. The van der Waals surface area contributed by atoms with Gasteiger partial charge in [0.2, 0.25) is 0 Å². The number of hydrogen-bond donors (Lipinski definition) is 1. The van der Waals surface area contributed by atoms with Crippen LogP contribution in [-0.2, 0) is 6.54 Å². The second-order valence-electron chi connectivity index (χ2n) is 4.33. The Labute approximate surface area is 106 Å². The van der Waals surface area contributed by atoms with Crippen molar-refractivity contribution in [3.05, 3.63) is 28.5 Å². The van der Waals surface area contributed by atoms with Gasteiger partial charge >= 0.3 is 0 Å². The first kappa shape index (κ1) is 13.6. The topological polar surface area (TPSA) is 28.2 Å². The van der Waals surface area contributed by atoms with Gasteiger partial charge in [-0.3, -0.25) is 4.98 Å². The van der Waals surface area contributed by atoms with Crippen LogP contribution in [0.2, 0.25) is 0 Å². The molecule has 1 rings (SSSR count). The zero-order valence-corrected chi connectivity index (χ0v) is 11.8. The van der Waals surface area contributed by atoms with Gasteiger partial charge < -0.3 is 10.2 Å². The highest BCUT2D eigenvalue weighted by molar-refractivity contribution is 9.10. The normalized spacial score (nSPS) is 13.1. The molecule has 1 heterocycles. The third-order valence-corrected chi connectivity index (χ3v) is 2.87. The molecule has 0 aliphatic rings. The lowest BCUT2D eigenvalue weighted by Gasteiger charge is -2.20. The summed E-state index contributed by atoms with van der Waals surface area (Å²) in [5.74, 6) is 0.658. The molecule has 1 unspecified atom stereocenters. The SMILES string of the molecule is CNCC(C)CN(C)Cc1ccc(Br)cn1. The number of nitrogens with zero attached hydrogens (tertiary/aromatic N) is 2. The predicted molar refractivity (Wildman–Crippen MR) is 71.4 cm³/mol. The molecule has 16 heavy (non-hydrogen) atoms. The number of halogens is 1. The van der Waals surface area contributed by atoms with E-state index in [1.807, 2.05) is 19.3 Å². The van der Waals surface area contributed by atoms with Gasteiger partial charge in [0.1, 0.15) is 0 Å². The van der Waals surface area contributed by atoms with Crippen LogP contribution < -0.4 is 5.32 Å². The fourth-order valence-electron chi connectivity index (χ4n) is 1.79. The van der Waals surface area contributed by atoms with Gasteiger partial charge in [-0.05, 0) is 54.6 Å². The number of hydrogen-bond acceptors (Lipinski definition) is 3. The first-order valence-corrected chi connectivity index (χ1v) is 6.34. The zero-order chi connectivity index (χ0) is 12.0. The van der Waals surface area contributed by atoms with Crippen molar-refractivity contribution in [1.29, 1.82) is 0 Å². The lowest BCUT2D eigenvalue weighted by atomic mass is 10.1. The number of pyridine rings is 1. The quantitative estimate of drug-likeness (QED) is 0.868. The van der Waals surface area contributed by atoms with Crippen molar-refractivity contribution in [3.8, 4) is 0 Å². The Morgan fingerprint density at radius 3 is 2.81 bits per heavy atom. The van der Waals surface area contributed by atoms with Crippen LogP contribution in [0.3, 0.4) is 0 Å². The fourth-order valence-corrected chi connectivity index (χ4v) is 2.02. The number of rotatable bonds is 6. The fraction of sp³-hybridized carbons (Fsp3) is 0.583. The third kappa shape index (κ3) is 5.05. The van der Waals surface area contributed by atoms with Crippen LogP contribution >= 0.6 is 15.9 Å². The van der Waals surface area contributed by atoms with Crippen molar-refractivity contribution in [3.63, 3.8) is 0 Å². The van der Waals surface area contributed by atoms with E-state index < -0.39 is 0 Å². The summed E-state index contributed by atoms with van der Waals surface area (Å²) >= 11 is 3.39. The van der Waals surface area contributed by atoms with E-state index in [0.717, 1.165) is 29.8 Å². The van der Waals surface area contributed by atoms with E-state index in [4.69, 9.17) is 0 Å². The molecule has 1 aromatic heterocycles. The minimum absolute atomic E-state index is 0.658. The average Bonchev–Trinajstić information content (AvgIpc) is 2.21. The maximum Gasteiger partial charge on any atom is 0.0544 e. The van der Waals surface area contributed by atoms with E-state index in [-0.39, 0.29) is 0 Å². The van der Waals surface area contributed by atoms with E-state index >= 15 is 0 Å². The van der Waals surface area contributed by atoms with Gasteiger partial charge in [-0.15, -0.1) is 0 Å². The Morgan fingerprint density at radius 2 is 2.25 bits per heavy atom. The summed E-state index contributed by atoms with van der Waals surface area (Å²) in [6.07, 6.45) is 1.85. The van der Waals surface area contributed by atoms with Crippen molar-refractivity contribution in [1.82, 2.24) is 15.2 Å². The van der Waals surface area contributed by atoms with E-state index in [9.17, 15) is 0 Å². The summed E-state index contributed by atoms with van der Waals surface area (Å²) in [4.78, 5) is 6.67. The summed E-state index contributed by atoms with van der Waals surface area (Å²) in [7, 11) is 4.13. The summed E-state index contributed by atoms with van der Waals surface area (Å²) in [6, 6.07) is 4.09. The van der Waals surface area contributed by atoms with Gasteiger partial charge in [0.25, 0.3) is 0 Å². The summed E-state index contributed by atoms with van der Waals surface area (Å²) in [6.45, 7) is 5.29. The van der Waals surface area contributed by atoms with Crippen LogP contribution in [0.1, 0.15) is 12.6 Å². The molecule has 1 aromatic rings. The van der Waals surface area contributed by atoms with Gasteiger partial charge in [-0.25, -0.2) is 0 Å². The second-order valence-corrected chi connectivity index (χ2v) is 5.24. The van der Waals surface area contributed by atoms with Crippen molar-refractivity contribution in [2.75, 3.05) is 27.2 Å². The second kappa shape index (κ2) is 6.99. The highest BCUT2D eigenvalue weighted by Crippen LogP contribution is 2.09. The molecule has 0 saturated heterocycles. The van der Waals surface area contributed by atoms with Crippen LogP contribution in [-0.4, -0.2) is 37.1 Å². The Hall–Kier alpha value is -0.450. The smallest absolute Gasteiger partial charge is 0.0544 e. The number of nitrogens with one attached hydrogen (secondary N) is 1. The Kier molecular flexibility index (Phi) is 5.95. The predicted octanol–water partition coefficient (Wildman–Crippen LogP) is 2.13. The van der Waals surface area contributed by atoms with Gasteiger partial charge in [0.15, 0.2) is 0 Å². The van der Waals surface area contributed by atoms with E-state index in [1.165, 1.54) is 0 Å². The monoisotopic (exact) mass is 285 g/mol. The van der Waals surface area contributed by atoms with Crippen LogP contribution in [0.15, 0.2) is 22.8 Å². The standard InChI is InChI=1S/C12H20BrN3/c1-10(6-14-2)8-16(3)9-12-5-4-11(13)7-15-12/h4-5,7,10,14H,6,8-9H2,1-3H3. The molecule has 0 aromatic carbocycles. The van der Waals surface area contributed by atoms with E-state index in [1.54, 1.807) is 0 Å². The molecule has 3 nitrogen and oxygen atoms in total. The Morgan fingerprint density at radius 1 is 1.50 bits per heavy atom. The highest BCUT2D eigenvalue weighted by Gasteiger charge is 2.06. The first-order chi connectivity index (χ1) is 7.61. The molecule has 0 bridgehead atoms. The van der Waals surface area contributed by atoms with Crippen molar-refractivity contribution >= 4 is 15.9 Å². The first-order valence-electron chi connectivity index (χ1n) is 5.55. The third-order valence-electron chi connectivity index (χ3n) is 2.40. The molecule has 0 spiro atoms. The Bertz CT molecular complexity index is 300. The molecule has 0 amide bonds. The highest BCUT2D eigenvalue weighted by atomic mass is 79.9. The van der Waals surface area contributed by atoms with Crippen LogP contribution in [0.5, 0.6) is 0 Å². The molecule has 0 aliphatic carbocycles. The maximum absolute atomic E-state index is 4.37. The zero-order valence-electron chi connectivity index (χ0n) is 10.2. The van der Waals surface area contributed by atoms with Crippen LogP contribution in [0.4, 0.5) is 0 Å². The van der Waals surface area contributed by atoms with Crippen LogP contribution in [0, 0.1) is 5.92 Å². The minimum atomic E-state index is 0.658. The van der Waals surface area contributed by atoms with Crippen molar-refractivity contribution < 1.29 is 0 Å². The summed E-state index contributed by atoms with van der Waals surface area (Å²) < 4.78 is 1.03. The molecule has 4 heteroatoms. The lowest BCUT2D eigenvalue weighted by molar-refractivity contribution is 0.273. The molecular formula is C12H20BrN3. The van der Waals surface area contributed by atoms with Crippen molar-refractivity contribution in [2.24, 2.45) is 5.92 Å². The van der Waals surface area contributed by atoms with Crippen LogP contribution in [0.25, 0.3) is 0 Å². The van der Waals surface area contributed by atoms with Crippen molar-refractivity contribution in [2.45, 2.75) is 13.5 Å². The maximum atomic E-state index is 4.37. The van der Waals surface area contributed by atoms with Gasteiger partial charge in [0, 0.05) is 23.8 Å². The molecule has 90 valence electrons. The van der Waals surface area contributed by atoms with E-state index in [0.29, 0.717) is 5.92 Å². The lowest BCUT2D eigenvalue weighted by Crippen LogP contribution is -2.29. The molecular weight excluding hydrogens is 266 g/mol. The molecule has 0 radical (unpaired) electrons.